The van der Waals surface area contributed by atoms with Crippen LogP contribution in [0.2, 0.25) is 0 Å². The number of nitrogens with zero attached hydrogens (tertiary/aromatic N) is 4. The SMILES string of the molecule is CN(CCO)c1nc(-c2ccc([N+](=O)[O-])cc2)nc2c1CCSc1ccccc1-2. The molecule has 8 heteroatoms. The van der Waals surface area contributed by atoms with Crippen LogP contribution in [-0.4, -0.2) is 45.9 Å². The van der Waals surface area contributed by atoms with E-state index in [0.29, 0.717) is 17.9 Å². The van der Waals surface area contributed by atoms with Gasteiger partial charge in [0.25, 0.3) is 5.69 Å². The fraction of sp³-hybridized carbons (Fsp3) is 0.238. The van der Waals surface area contributed by atoms with Crippen LogP contribution in [0.15, 0.2) is 53.4 Å². The van der Waals surface area contributed by atoms with Gasteiger partial charge in [-0.3, -0.25) is 10.1 Å². The van der Waals surface area contributed by atoms with Gasteiger partial charge in [0, 0.05) is 53.1 Å². The molecule has 0 saturated carbocycles. The van der Waals surface area contributed by atoms with Crippen molar-refractivity contribution in [3.05, 3.63) is 64.2 Å². The number of hydrogen-bond donors (Lipinski definition) is 1. The van der Waals surface area contributed by atoms with Crippen LogP contribution >= 0.6 is 11.8 Å². The Morgan fingerprint density at radius 3 is 2.66 bits per heavy atom. The number of fused-ring (bicyclic) bond motifs is 3. The molecule has 0 aliphatic carbocycles. The second-order valence-corrected chi connectivity index (χ2v) is 7.88. The Labute approximate surface area is 172 Å². The summed E-state index contributed by atoms with van der Waals surface area (Å²) in [4.78, 5) is 23.3. The minimum absolute atomic E-state index is 0.0213. The molecule has 3 aromatic rings. The summed E-state index contributed by atoms with van der Waals surface area (Å²) in [5.41, 5.74) is 3.75. The summed E-state index contributed by atoms with van der Waals surface area (Å²) < 4.78 is 0. The van der Waals surface area contributed by atoms with E-state index in [1.165, 1.54) is 17.0 Å². The molecule has 148 valence electrons. The van der Waals surface area contributed by atoms with E-state index < -0.39 is 4.92 Å². The Kier molecular flexibility index (Phi) is 5.46. The molecule has 0 fully saturated rings. The largest absolute Gasteiger partial charge is 0.395 e. The number of nitro groups is 1. The highest BCUT2D eigenvalue weighted by atomic mass is 32.2. The standard InChI is InChI=1S/C21H20N4O3S/c1-24(11-12-26)21-17-10-13-29-18-5-3-2-4-16(18)19(17)22-20(23-21)14-6-8-15(9-7-14)25(27)28/h2-9,26H,10-13H2,1H3. The number of likely N-dealkylation sites (N-methyl/N-ethyl adjacent to an activating group) is 1. The van der Waals surface area contributed by atoms with Crippen molar-refractivity contribution in [2.24, 2.45) is 0 Å². The van der Waals surface area contributed by atoms with Crippen LogP contribution in [0.5, 0.6) is 0 Å². The van der Waals surface area contributed by atoms with Gasteiger partial charge in [0.1, 0.15) is 5.82 Å². The van der Waals surface area contributed by atoms with Gasteiger partial charge in [0.2, 0.25) is 0 Å². The maximum absolute atomic E-state index is 11.0. The number of non-ortho nitro benzene ring substituents is 1. The Morgan fingerprint density at radius 2 is 1.93 bits per heavy atom. The van der Waals surface area contributed by atoms with Crippen molar-refractivity contribution in [1.29, 1.82) is 0 Å². The van der Waals surface area contributed by atoms with E-state index in [1.54, 1.807) is 23.9 Å². The van der Waals surface area contributed by atoms with E-state index in [2.05, 4.69) is 12.1 Å². The van der Waals surface area contributed by atoms with Crippen LogP contribution < -0.4 is 4.90 Å². The van der Waals surface area contributed by atoms with Gasteiger partial charge in [-0.15, -0.1) is 11.8 Å². The smallest absolute Gasteiger partial charge is 0.269 e. The Bertz CT molecular complexity index is 1060. The molecule has 29 heavy (non-hydrogen) atoms. The summed E-state index contributed by atoms with van der Waals surface area (Å²) in [6.07, 6.45) is 0.820. The number of benzene rings is 2. The highest BCUT2D eigenvalue weighted by Crippen LogP contribution is 2.40. The molecule has 0 atom stereocenters. The monoisotopic (exact) mass is 408 g/mol. The van der Waals surface area contributed by atoms with Crippen LogP contribution in [0.25, 0.3) is 22.6 Å². The highest BCUT2D eigenvalue weighted by molar-refractivity contribution is 7.99. The zero-order valence-corrected chi connectivity index (χ0v) is 16.7. The molecule has 4 rings (SSSR count). The first kappa shape index (κ1) is 19.4. The van der Waals surface area contributed by atoms with Gasteiger partial charge < -0.3 is 10.0 Å². The lowest BCUT2D eigenvalue weighted by Crippen LogP contribution is -2.24. The van der Waals surface area contributed by atoms with Crippen molar-refractivity contribution in [1.82, 2.24) is 9.97 Å². The molecule has 1 aromatic heterocycles. The number of thioether (sulfide) groups is 1. The van der Waals surface area contributed by atoms with Crippen molar-refractivity contribution in [2.45, 2.75) is 11.3 Å². The first-order valence-corrected chi connectivity index (χ1v) is 10.3. The van der Waals surface area contributed by atoms with Crippen molar-refractivity contribution >= 4 is 23.3 Å². The molecule has 0 spiro atoms. The molecule has 0 amide bonds. The third-order valence-electron chi connectivity index (χ3n) is 4.87. The fourth-order valence-electron chi connectivity index (χ4n) is 3.41. The van der Waals surface area contributed by atoms with Crippen molar-refractivity contribution in [3.8, 4) is 22.6 Å². The van der Waals surface area contributed by atoms with Crippen molar-refractivity contribution < 1.29 is 10.0 Å². The third-order valence-corrected chi connectivity index (χ3v) is 5.95. The molecule has 0 radical (unpaired) electrons. The number of aliphatic hydroxyl groups excluding tert-OH is 1. The molecule has 2 heterocycles. The summed E-state index contributed by atoms with van der Waals surface area (Å²) in [6, 6.07) is 14.5. The first-order chi connectivity index (χ1) is 14.1. The summed E-state index contributed by atoms with van der Waals surface area (Å²) in [5.74, 6) is 2.22. The zero-order valence-electron chi connectivity index (χ0n) is 15.9. The molecular formula is C21H20N4O3S. The van der Waals surface area contributed by atoms with Gasteiger partial charge in [0.15, 0.2) is 5.82 Å². The second-order valence-electron chi connectivity index (χ2n) is 6.74. The lowest BCUT2D eigenvalue weighted by Gasteiger charge is -2.22. The molecule has 2 aromatic carbocycles. The van der Waals surface area contributed by atoms with E-state index in [-0.39, 0.29) is 12.3 Å². The van der Waals surface area contributed by atoms with Gasteiger partial charge in [-0.2, -0.15) is 0 Å². The number of anilines is 1. The van der Waals surface area contributed by atoms with Crippen LogP contribution in [0.1, 0.15) is 5.56 Å². The molecule has 0 unspecified atom stereocenters. The summed E-state index contributed by atoms with van der Waals surface area (Å²) in [7, 11) is 1.91. The number of aliphatic hydroxyl groups is 1. The summed E-state index contributed by atoms with van der Waals surface area (Å²) in [6.45, 7) is 0.478. The van der Waals surface area contributed by atoms with Crippen molar-refractivity contribution in [3.63, 3.8) is 0 Å². The number of nitro benzene ring substituents is 1. The maximum Gasteiger partial charge on any atom is 0.269 e. The van der Waals surface area contributed by atoms with Gasteiger partial charge in [-0.05, 0) is 24.6 Å². The number of aromatic nitrogens is 2. The minimum atomic E-state index is -0.421. The topological polar surface area (TPSA) is 92.4 Å². The van der Waals surface area contributed by atoms with Crippen LogP contribution in [0, 0.1) is 10.1 Å². The molecule has 1 aliphatic rings. The van der Waals surface area contributed by atoms with Crippen LogP contribution in [0.3, 0.4) is 0 Å². The average molecular weight is 408 g/mol. The summed E-state index contributed by atoms with van der Waals surface area (Å²) >= 11 is 1.80. The van der Waals surface area contributed by atoms with Gasteiger partial charge in [-0.25, -0.2) is 9.97 Å². The van der Waals surface area contributed by atoms with Gasteiger partial charge >= 0.3 is 0 Å². The molecule has 0 saturated heterocycles. The zero-order chi connectivity index (χ0) is 20.4. The third kappa shape index (κ3) is 3.81. The predicted octanol–water partition coefficient (Wildman–Crippen LogP) is 3.80. The molecular weight excluding hydrogens is 388 g/mol. The molecule has 7 nitrogen and oxygen atoms in total. The highest BCUT2D eigenvalue weighted by Gasteiger charge is 2.23. The van der Waals surface area contributed by atoms with E-state index >= 15 is 0 Å². The normalized spacial score (nSPS) is 12.6. The predicted molar refractivity (Wildman–Crippen MR) is 114 cm³/mol. The lowest BCUT2D eigenvalue weighted by molar-refractivity contribution is -0.384. The molecule has 0 bridgehead atoms. The lowest BCUT2D eigenvalue weighted by atomic mass is 10.0. The average Bonchev–Trinajstić information content (AvgIpc) is 2.93. The van der Waals surface area contributed by atoms with E-state index in [0.717, 1.165) is 34.8 Å². The molecule has 1 aliphatic heterocycles. The Morgan fingerprint density at radius 1 is 1.17 bits per heavy atom. The van der Waals surface area contributed by atoms with E-state index in [4.69, 9.17) is 9.97 Å². The first-order valence-electron chi connectivity index (χ1n) is 9.28. The second kappa shape index (κ2) is 8.18. The van der Waals surface area contributed by atoms with Gasteiger partial charge in [-0.1, -0.05) is 18.2 Å². The number of rotatable bonds is 5. The maximum atomic E-state index is 11.0. The van der Waals surface area contributed by atoms with Gasteiger partial charge in [0.05, 0.1) is 17.2 Å². The summed E-state index contributed by atoms with van der Waals surface area (Å²) in [5, 5.41) is 20.4. The minimum Gasteiger partial charge on any atom is -0.395 e. The van der Waals surface area contributed by atoms with E-state index in [1.807, 2.05) is 24.1 Å². The Balaban J connectivity index is 1.91. The van der Waals surface area contributed by atoms with Crippen molar-refractivity contribution in [2.75, 3.05) is 30.9 Å². The fourth-order valence-corrected chi connectivity index (χ4v) is 4.43. The number of hydrogen-bond acceptors (Lipinski definition) is 7. The van der Waals surface area contributed by atoms with Crippen LogP contribution in [-0.2, 0) is 6.42 Å². The quantitative estimate of drug-likeness (QED) is 0.507. The molecule has 1 N–H and O–H groups in total. The van der Waals surface area contributed by atoms with Crippen LogP contribution in [0.4, 0.5) is 11.5 Å². The van der Waals surface area contributed by atoms with E-state index in [9.17, 15) is 15.2 Å². The Hall–Kier alpha value is -2.97.